The number of hydrogen-bond acceptors (Lipinski definition) is 3. The normalized spacial score (nSPS) is 20.4. The first-order chi connectivity index (χ1) is 8.08. The molecule has 2 amide bonds. The number of ether oxygens (including phenoxy) is 1. The zero-order chi connectivity index (χ0) is 12.8. The van der Waals surface area contributed by atoms with E-state index in [2.05, 4.69) is 5.32 Å². The van der Waals surface area contributed by atoms with Gasteiger partial charge in [-0.15, -0.1) is 0 Å². The first kappa shape index (κ1) is 13.8. The molecule has 2 N–H and O–H groups in total. The van der Waals surface area contributed by atoms with Crippen LogP contribution in [0.4, 0.5) is 4.79 Å². The lowest BCUT2D eigenvalue weighted by atomic mass is 10.2. The highest BCUT2D eigenvalue weighted by Crippen LogP contribution is 2.07. The Bertz CT molecular complexity index is 279. The van der Waals surface area contributed by atoms with Crippen molar-refractivity contribution in [2.75, 3.05) is 19.7 Å². The van der Waals surface area contributed by atoms with E-state index in [1.807, 2.05) is 13.8 Å². The minimum absolute atomic E-state index is 0.112. The number of hydrogen-bond donors (Lipinski definition) is 2. The lowest BCUT2D eigenvalue weighted by molar-refractivity contribution is -0.154. The van der Waals surface area contributed by atoms with E-state index in [1.54, 1.807) is 0 Å². The van der Waals surface area contributed by atoms with Crippen molar-refractivity contribution < 1.29 is 19.4 Å². The third-order valence-electron chi connectivity index (χ3n) is 2.94. The van der Waals surface area contributed by atoms with Crippen LogP contribution in [0.1, 0.15) is 26.7 Å². The van der Waals surface area contributed by atoms with E-state index in [9.17, 15) is 9.59 Å². The Morgan fingerprint density at radius 2 is 2.12 bits per heavy atom. The molecule has 0 aliphatic carbocycles. The predicted molar refractivity (Wildman–Crippen MR) is 61.9 cm³/mol. The van der Waals surface area contributed by atoms with Gasteiger partial charge >= 0.3 is 12.0 Å². The molecule has 1 saturated heterocycles. The molecule has 1 rings (SSSR count). The van der Waals surface area contributed by atoms with Crippen LogP contribution in [0.15, 0.2) is 0 Å². The quantitative estimate of drug-likeness (QED) is 0.762. The van der Waals surface area contributed by atoms with E-state index in [1.165, 1.54) is 4.90 Å². The molecule has 0 aromatic rings. The molecule has 0 radical (unpaired) electrons. The minimum atomic E-state index is -1.02. The SMILES string of the molecule is CCC(CC)NC(=O)N1CCOC(C(=O)O)C1. The topological polar surface area (TPSA) is 78.9 Å². The molecule has 6 heteroatoms. The van der Waals surface area contributed by atoms with Crippen LogP contribution in [0.25, 0.3) is 0 Å². The van der Waals surface area contributed by atoms with E-state index < -0.39 is 12.1 Å². The number of carbonyl (C=O) groups excluding carboxylic acids is 1. The van der Waals surface area contributed by atoms with E-state index in [4.69, 9.17) is 9.84 Å². The summed E-state index contributed by atoms with van der Waals surface area (Å²) in [5.74, 6) is -1.02. The third-order valence-corrected chi connectivity index (χ3v) is 2.94. The number of nitrogens with zero attached hydrogens (tertiary/aromatic N) is 1. The molecule has 17 heavy (non-hydrogen) atoms. The number of carbonyl (C=O) groups is 2. The molecule has 98 valence electrons. The average molecular weight is 244 g/mol. The summed E-state index contributed by atoms with van der Waals surface area (Å²) in [5.41, 5.74) is 0. The van der Waals surface area contributed by atoms with Crippen LogP contribution in [0.2, 0.25) is 0 Å². The number of nitrogens with one attached hydrogen (secondary N) is 1. The lowest BCUT2D eigenvalue weighted by Gasteiger charge is -2.32. The van der Waals surface area contributed by atoms with Crippen molar-refractivity contribution in [3.8, 4) is 0 Å². The number of carboxylic acids is 1. The van der Waals surface area contributed by atoms with E-state index >= 15 is 0 Å². The first-order valence-corrected chi connectivity index (χ1v) is 5.98. The third kappa shape index (κ3) is 3.89. The van der Waals surface area contributed by atoms with Crippen LogP contribution in [-0.4, -0.2) is 53.8 Å². The van der Waals surface area contributed by atoms with Gasteiger partial charge in [-0.1, -0.05) is 13.8 Å². The fraction of sp³-hybridized carbons (Fsp3) is 0.818. The first-order valence-electron chi connectivity index (χ1n) is 5.98. The molecule has 1 aliphatic heterocycles. The van der Waals surface area contributed by atoms with Crippen LogP contribution >= 0.6 is 0 Å². The van der Waals surface area contributed by atoms with Crippen molar-refractivity contribution in [3.63, 3.8) is 0 Å². The second kappa shape index (κ2) is 6.44. The lowest BCUT2D eigenvalue weighted by Crippen LogP contribution is -2.53. The van der Waals surface area contributed by atoms with Gasteiger partial charge in [0.1, 0.15) is 0 Å². The molecule has 6 nitrogen and oxygen atoms in total. The number of amides is 2. The zero-order valence-electron chi connectivity index (χ0n) is 10.3. The van der Waals surface area contributed by atoms with Crippen molar-refractivity contribution in [3.05, 3.63) is 0 Å². The van der Waals surface area contributed by atoms with E-state index in [0.29, 0.717) is 6.54 Å². The van der Waals surface area contributed by atoms with Crippen molar-refractivity contribution in [2.24, 2.45) is 0 Å². The summed E-state index contributed by atoms with van der Waals surface area (Å²) in [6.45, 7) is 4.84. The number of aliphatic carboxylic acids is 1. The minimum Gasteiger partial charge on any atom is -0.479 e. The van der Waals surface area contributed by atoms with Crippen LogP contribution in [0.3, 0.4) is 0 Å². The molecule has 1 fully saturated rings. The predicted octanol–water partition coefficient (Wildman–Crippen LogP) is 0.670. The Kier molecular flexibility index (Phi) is 5.21. The second-order valence-electron chi connectivity index (χ2n) is 4.11. The number of carboxylic acid groups (broad SMARTS) is 1. The largest absolute Gasteiger partial charge is 0.479 e. The summed E-state index contributed by atoms with van der Waals surface area (Å²) in [7, 11) is 0. The standard InChI is InChI=1S/C11H20N2O4/c1-3-8(4-2)12-11(16)13-5-6-17-9(7-13)10(14)15/h8-9H,3-7H2,1-2H3,(H,12,16)(H,14,15). The Balaban J connectivity index is 2.48. The summed E-state index contributed by atoms with van der Waals surface area (Å²) < 4.78 is 5.06. The average Bonchev–Trinajstić information content (AvgIpc) is 2.35. The van der Waals surface area contributed by atoms with Crippen molar-refractivity contribution in [2.45, 2.75) is 38.8 Å². The maximum Gasteiger partial charge on any atom is 0.334 e. The molecule has 0 bridgehead atoms. The zero-order valence-corrected chi connectivity index (χ0v) is 10.3. The summed E-state index contributed by atoms with van der Waals surface area (Å²) in [4.78, 5) is 24.1. The van der Waals surface area contributed by atoms with Crippen LogP contribution < -0.4 is 5.32 Å². The molecule has 0 saturated carbocycles. The van der Waals surface area contributed by atoms with Gasteiger partial charge in [-0.25, -0.2) is 9.59 Å². The molecule has 1 heterocycles. The van der Waals surface area contributed by atoms with Crippen molar-refractivity contribution >= 4 is 12.0 Å². The Morgan fingerprint density at radius 1 is 1.47 bits per heavy atom. The fourth-order valence-corrected chi connectivity index (χ4v) is 1.74. The van der Waals surface area contributed by atoms with Gasteiger partial charge in [-0.2, -0.15) is 0 Å². The van der Waals surface area contributed by atoms with Crippen LogP contribution in [0, 0.1) is 0 Å². The monoisotopic (exact) mass is 244 g/mol. The van der Waals surface area contributed by atoms with Gasteiger partial charge in [0, 0.05) is 12.6 Å². The van der Waals surface area contributed by atoms with Gasteiger partial charge in [0.25, 0.3) is 0 Å². The van der Waals surface area contributed by atoms with E-state index in [0.717, 1.165) is 12.8 Å². The van der Waals surface area contributed by atoms with Gasteiger partial charge < -0.3 is 20.1 Å². The Morgan fingerprint density at radius 3 is 2.65 bits per heavy atom. The maximum atomic E-state index is 11.9. The summed E-state index contributed by atoms with van der Waals surface area (Å²) in [6.07, 6.45) is 0.834. The summed E-state index contributed by atoms with van der Waals surface area (Å²) >= 11 is 0. The highest BCUT2D eigenvalue weighted by molar-refractivity contribution is 5.77. The van der Waals surface area contributed by atoms with Crippen LogP contribution in [-0.2, 0) is 9.53 Å². The molecule has 0 spiro atoms. The van der Waals surface area contributed by atoms with Gasteiger partial charge in [-0.3, -0.25) is 0 Å². The number of morpholine rings is 1. The van der Waals surface area contributed by atoms with Crippen molar-refractivity contribution in [1.29, 1.82) is 0 Å². The van der Waals surface area contributed by atoms with Crippen LogP contribution in [0.5, 0.6) is 0 Å². The Labute approximate surface area is 101 Å². The maximum absolute atomic E-state index is 11.9. The Hall–Kier alpha value is -1.30. The second-order valence-corrected chi connectivity index (χ2v) is 4.11. The van der Waals surface area contributed by atoms with Gasteiger partial charge in [0.2, 0.25) is 0 Å². The van der Waals surface area contributed by atoms with E-state index in [-0.39, 0.29) is 25.2 Å². The molecule has 1 unspecified atom stereocenters. The molecular weight excluding hydrogens is 224 g/mol. The van der Waals surface area contributed by atoms with Gasteiger partial charge in [-0.05, 0) is 12.8 Å². The highest BCUT2D eigenvalue weighted by Gasteiger charge is 2.29. The molecule has 1 aliphatic rings. The fourth-order valence-electron chi connectivity index (χ4n) is 1.74. The highest BCUT2D eigenvalue weighted by atomic mass is 16.5. The number of urea groups is 1. The summed E-state index contributed by atoms with van der Waals surface area (Å²) in [5, 5.41) is 11.7. The molecule has 0 aromatic heterocycles. The molecule has 0 aromatic carbocycles. The van der Waals surface area contributed by atoms with Crippen molar-refractivity contribution in [1.82, 2.24) is 10.2 Å². The van der Waals surface area contributed by atoms with Gasteiger partial charge in [0.05, 0.1) is 13.2 Å². The molecular formula is C11H20N2O4. The molecule has 1 atom stereocenters. The van der Waals surface area contributed by atoms with Gasteiger partial charge in [0.15, 0.2) is 6.10 Å². The smallest absolute Gasteiger partial charge is 0.334 e. The summed E-state index contributed by atoms with van der Waals surface area (Å²) in [6, 6.07) is -0.0538. The number of rotatable bonds is 4.